The molecule has 0 radical (unpaired) electrons. The van der Waals surface area contributed by atoms with E-state index < -0.39 is 0 Å². The van der Waals surface area contributed by atoms with Crippen LogP contribution < -0.4 is 10.2 Å². The van der Waals surface area contributed by atoms with Gasteiger partial charge in [-0.05, 0) is 56.3 Å². The van der Waals surface area contributed by atoms with Crippen LogP contribution in [0.2, 0.25) is 0 Å². The first-order valence-electron chi connectivity index (χ1n) is 10.00. The summed E-state index contributed by atoms with van der Waals surface area (Å²) in [5.41, 5.74) is 2.85. The van der Waals surface area contributed by atoms with Crippen LogP contribution in [-0.2, 0) is 6.42 Å². The normalized spacial score (nSPS) is 14.7. The molecule has 1 N–H and O–H groups in total. The Hall–Kier alpha value is -1.80. The molecular weight excluding hydrogens is 304 g/mol. The van der Waals surface area contributed by atoms with Crippen molar-refractivity contribution in [2.45, 2.75) is 51.0 Å². The first kappa shape index (κ1) is 18.0. The van der Waals surface area contributed by atoms with E-state index in [9.17, 15) is 0 Å². The minimum absolute atomic E-state index is 0.738. The van der Waals surface area contributed by atoms with Gasteiger partial charge in [-0.2, -0.15) is 0 Å². The quantitative estimate of drug-likeness (QED) is 0.611. The van der Waals surface area contributed by atoms with E-state index in [-0.39, 0.29) is 0 Å². The number of anilines is 1. The average Bonchev–Trinajstić information content (AvgIpc) is 3.20. The molecule has 0 atom stereocenters. The van der Waals surface area contributed by atoms with Gasteiger partial charge in [0.25, 0.3) is 0 Å². The van der Waals surface area contributed by atoms with Crippen LogP contribution in [0.1, 0.15) is 44.1 Å². The molecule has 2 heteroatoms. The molecule has 2 aromatic rings. The van der Waals surface area contributed by atoms with E-state index in [1.807, 2.05) is 0 Å². The third kappa shape index (κ3) is 5.89. The van der Waals surface area contributed by atoms with Crippen LogP contribution >= 0.6 is 0 Å². The molecule has 1 fully saturated rings. The minimum atomic E-state index is 0.738. The topological polar surface area (TPSA) is 15.3 Å². The average molecular weight is 337 g/mol. The van der Waals surface area contributed by atoms with Crippen LogP contribution in [0, 0.1) is 0 Å². The van der Waals surface area contributed by atoms with Gasteiger partial charge in [0.05, 0.1) is 0 Å². The molecule has 134 valence electrons. The highest BCUT2D eigenvalue weighted by Gasteiger charge is 2.22. The number of unbranched alkanes of at least 4 members (excludes halogenated alkanes) is 1. The van der Waals surface area contributed by atoms with Crippen molar-refractivity contribution in [1.29, 1.82) is 0 Å². The molecule has 2 nitrogen and oxygen atoms in total. The Morgan fingerprint density at radius 2 is 1.48 bits per heavy atom. The fraction of sp³-hybridized carbons (Fsp3) is 0.478. The SMILES string of the molecule is c1ccc(CCCCNCCN(c2ccccc2)C2CCCC2)cc1. The van der Waals surface area contributed by atoms with Crippen molar-refractivity contribution >= 4 is 5.69 Å². The van der Waals surface area contributed by atoms with Gasteiger partial charge >= 0.3 is 0 Å². The van der Waals surface area contributed by atoms with Crippen LogP contribution in [-0.4, -0.2) is 25.7 Å². The van der Waals surface area contributed by atoms with Crippen molar-refractivity contribution < 1.29 is 0 Å². The first-order valence-corrected chi connectivity index (χ1v) is 10.00. The van der Waals surface area contributed by atoms with Gasteiger partial charge in [-0.15, -0.1) is 0 Å². The minimum Gasteiger partial charge on any atom is -0.367 e. The highest BCUT2D eigenvalue weighted by Crippen LogP contribution is 2.27. The van der Waals surface area contributed by atoms with Gasteiger partial charge in [0.15, 0.2) is 0 Å². The fourth-order valence-electron chi connectivity index (χ4n) is 3.91. The standard InChI is InChI=1S/C23H32N2/c1-3-11-21(12-4-1)13-9-10-18-24-19-20-25(23-16-7-8-17-23)22-14-5-2-6-15-22/h1-6,11-12,14-15,23-24H,7-10,13,16-20H2. The molecule has 1 aliphatic rings. The molecule has 0 unspecified atom stereocenters. The van der Waals surface area contributed by atoms with E-state index in [4.69, 9.17) is 0 Å². The fourth-order valence-corrected chi connectivity index (χ4v) is 3.91. The summed E-state index contributed by atoms with van der Waals surface area (Å²) in [6, 6.07) is 22.5. The molecule has 0 spiro atoms. The summed E-state index contributed by atoms with van der Waals surface area (Å²) in [5.74, 6) is 0. The molecule has 1 aliphatic carbocycles. The van der Waals surface area contributed by atoms with Crippen molar-refractivity contribution in [3.8, 4) is 0 Å². The van der Waals surface area contributed by atoms with Crippen LogP contribution in [0.15, 0.2) is 60.7 Å². The summed E-state index contributed by atoms with van der Waals surface area (Å²) >= 11 is 0. The number of para-hydroxylation sites is 1. The van der Waals surface area contributed by atoms with Crippen molar-refractivity contribution in [3.63, 3.8) is 0 Å². The molecule has 3 rings (SSSR count). The zero-order valence-corrected chi connectivity index (χ0v) is 15.4. The van der Waals surface area contributed by atoms with Crippen molar-refractivity contribution in [3.05, 3.63) is 66.2 Å². The van der Waals surface area contributed by atoms with Crippen molar-refractivity contribution in [2.75, 3.05) is 24.5 Å². The summed E-state index contributed by atoms with van der Waals surface area (Å²) in [7, 11) is 0. The Balaban J connectivity index is 1.35. The molecular formula is C23H32N2. The Labute approximate surface area is 153 Å². The summed E-state index contributed by atoms with van der Waals surface area (Å²) in [4.78, 5) is 2.63. The lowest BCUT2D eigenvalue weighted by Gasteiger charge is -2.31. The second-order valence-electron chi connectivity index (χ2n) is 7.16. The second-order valence-corrected chi connectivity index (χ2v) is 7.16. The Bertz CT molecular complexity index is 576. The van der Waals surface area contributed by atoms with Gasteiger partial charge < -0.3 is 10.2 Å². The van der Waals surface area contributed by atoms with E-state index in [1.54, 1.807) is 0 Å². The maximum Gasteiger partial charge on any atom is 0.0369 e. The van der Waals surface area contributed by atoms with Gasteiger partial charge in [0, 0.05) is 24.8 Å². The number of hydrogen-bond donors (Lipinski definition) is 1. The Kier molecular flexibility index (Phi) is 7.38. The summed E-state index contributed by atoms with van der Waals surface area (Å²) in [5, 5.41) is 3.65. The number of nitrogens with one attached hydrogen (secondary N) is 1. The summed E-state index contributed by atoms with van der Waals surface area (Å²) < 4.78 is 0. The smallest absolute Gasteiger partial charge is 0.0369 e. The third-order valence-corrected chi connectivity index (χ3v) is 5.29. The first-order chi connectivity index (χ1) is 12.4. The zero-order valence-electron chi connectivity index (χ0n) is 15.4. The van der Waals surface area contributed by atoms with E-state index in [0.717, 1.165) is 25.7 Å². The highest BCUT2D eigenvalue weighted by molar-refractivity contribution is 5.47. The van der Waals surface area contributed by atoms with Gasteiger partial charge in [0.2, 0.25) is 0 Å². The zero-order chi connectivity index (χ0) is 17.2. The summed E-state index contributed by atoms with van der Waals surface area (Å²) in [6.07, 6.45) is 9.20. The predicted octanol–water partition coefficient (Wildman–Crippen LogP) is 5.05. The molecule has 25 heavy (non-hydrogen) atoms. The van der Waals surface area contributed by atoms with Crippen molar-refractivity contribution in [2.24, 2.45) is 0 Å². The predicted molar refractivity (Wildman–Crippen MR) is 108 cm³/mol. The maximum atomic E-state index is 3.65. The number of hydrogen-bond acceptors (Lipinski definition) is 2. The van der Waals surface area contributed by atoms with Gasteiger partial charge in [0.1, 0.15) is 0 Å². The maximum absolute atomic E-state index is 3.65. The van der Waals surface area contributed by atoms with Gasteiger partial charge in [-0.25, -0.2) is 0 Å². The molecule has 0 aliphatic heterocycles. The Morgan fingerprint density at radius 3 is 2.20 bits per heavy atom. The number of rotatable bonds is 10. The largest absolute Gasteiger partial charge is 0.367 e. The lowest BCUT2D eigenvalue weighted by atomic mass is 10.1. The van der Waals surface area contributed by atoms with Crippen LogP contribution in [0.5, 0.6) is 0 Å². The number of nitrogens with zero attached hydrogens (tertiary/aromatic N) is 1. The summed E-state index contributed by atoms with van der Waals surface area (Å²) in [6.45, 7) is 3.32. The van der Waals surface area contributed by atoms with Crippen LogP contribution in [0.4, 0.5) is 5.69 Å². The second kappa shape index (κ2) is 10.2. The molecule has 2 aromatic carbocycles. The lowest BCUT2D eigenvalue weighted by molar-refractivity contribution is 0.565. The molecule has 0 amide bonds. The number of benzene rings is 2. The van der Waals surface area contributed by atoms with Crippen molar-refractivity contribution in [1.82, 2.24) is 5.32 Å². The highest BCUT2D eigenvalue weighted by atomic mass is 15.2. The van der Waals surface area contributed by atoms with E-state index in [2.05, 4.69) is 70.9 Å². The number of aryl methyl sites for hydroxylation is 1. The van der Waals surface area contributed by atoms with Gasteiger partial charge in [-0.1, -0.05) is 61.4 Å². The van der Waals surface area contributed by atoms with E-state index >= 15 is 0 Å². The molecule has 1 saturated carbocycles. The van der Waals surface area contributed by atoms with Crippen LogP contribution in [0.3, 0.4) is 0 Å². The Morgan fingerprint density at radius 1 is 0.800 bits per heavy atom. The van der Waals surface area contributed by atoms with E-state index in [1.165, 1.54) is 56.2 Å². The van der Waals surface area contributed by atoms with Crippen LogP contribution in [0.25, 0.3) is 0 Å². The lowest BCUT2D eigenvalue weighted by Crippen LogP contribution is -2.38. The molecule has 0 saturated heterocycles. The third-order valence-electron chi connectivity index (χ3n) is 5.29. The van der Waals surface area contributed by atoms with Gasteiger partial charge in [-0.3, -0.25) is 0 Å². The molecule has 0 heterocycles. The molecule has 0 aromatic heterocycles. The monoisotopic (exact) mass is 336 g/mol. The van der Waals surface area contributed by atoms with E-state index in [0.29, 0.717) is 0 Å². The molecule has 0 bridgehead atoms.